The number of methoxy groups -OCH3 is 2. The number of aromatic amines is 1. The molecule has 1 aromatic heterocycles. The Kier molecular flexibility index (Phi) is 4.24. The van der Waals surface area contributed by atoms with Crippen molar-refractivity contribution in [1.82, 2.24) is 14.9 Å². The molecule has 1 aromatic carbocycles. The van der Waals surface area contributed by atoms with E-state index in [1.165, 1.54) is 0 Å². The number of hydrogen-bond acceptors (Lipinski definition) is 4. The average molecular weight is 275 g/mol. The van der Waals surface area contributed by atoms with Crippen LogP contribution in [0, 0.1) is 0 Å². The van der Waals surface area contributed by atoms with Gasteiger partial charge in [0.15, 0.2) is 0 Å². The summed E-state index contributed by atoms with van der Waals surface area (Å²) in [6, 6.07) is 5.09. The van der Waals surface area contributed by atoms with Gasteiger partial charge < -0.3 is 19.4 Å². The Bertz CT molecular complexity index is 559. The second kappa shape index (κ2) is 6.10. The van der Waals surface area contributed by atoms with Gasteiger partial charge in [-0.25, -0.2) is 4.98 Å². The maximum Gasteiger partial charge on any atom is 0.254 e. The van der Waals surface area contributed by atoms with Crippen molar-refractivity contribution >= 4 is 5.91 Å². The lowest BCUT2D eigenvalue weighted by Gasteiger charge is -2.17. The molecule has 6 heteroatoms. The third-order valence-corrected chi connectivity index (χ3v) is 2.89. The summed E-state index contributed by atoms with van der Waals surface area (Å²) < 4.78 is 10.3. The maximum atomic E-state index is 12.4. The van der Waals surface area contributed by atoms with Gasteiger partial charge in [-0.05, 0) is 12.1 Å². The highest BCUT2D eigenvalue weighted by Gasteiger charge is 2.15. The van der Waals surface area contributed by atoms with Crippen LogP contribution in [0.15, 0.2) is 30.6 Å². The van der Waals surface area contributed by atoms with Gasteiger partial charge in [0.05, 0.1) is 20.8 Å². The van der Waals surface area contributed by atoms with Crippen molar-refractivity contribution in [3.63, 3.8) is 0 Å². The first kappa shape index (κ1) is 13.9. The van der Waals surface area contributed by atoms with E-state index >= 15 is 0 Å². The SMILES string of the molecule is COc1cc(OC)cc(C(=O)N(C)Cc2ncc[nH]2)c1. The van der Waals surface area contributed by atoms with E-state index in [-0.39, 0.29) is 5.91 Å². The fourth-order valence-corrected chi connectivity index (χ4v) is 1.83. The molecule has 0 radical (unpaired) electrons. The Morgan fingerprint density at radius 3 is 2.40 bits per heavy atom. The molecule has 20 heavy (non-hydrogen) atoms. The van der Waals surface area contributed by atoms with Gasteiger partial charge in [0.2, 0.25) is 0 Å². The lowest BCUT2D eigenvalue weighted by Crippen LogP contribution is -2.26. The van der Waals surface area contributed by atoms with Crippen molar-refractivity contribution in [2.75, 3.05) is 21.3 Å². The summed E-state index contributed by atoms with van der Waals surface area (Å²) >= 11 is 0. The minimum atomic E-state index is -0.126. The number of ether oxygens (including phenoxy) is 2. The van der Waals surface area contributed by atoms with E-state index in [2.05, 4.69) is 9.97 Å². The van der Waals surface area contributed by atoms with Crippen molar-refractivity contribution < 1.29 is 14.3 Å². The summed E-state index contributed by atoms with van der Waals surface area (Å²) in [4.78, 5) is 21.0. The first-order chi connectivity index (χ1) is 9.63. The molecule has 1 N–H and O–H groups in total. The molecule has 1 amide bonds. The van der Waals surface area contributed by atoms with Crippen molar-refractivity contribution in [3.05, 3.63) is 42.0 Å². The number of H-pyrrole nitrogens is 1. The Labute approximate surface area is 117 Å². The average Bonchev–Trinajstić information content (AvgIpc) is 2.98. The molecule has 0 spiro atoms. The largest absolute Gasteiger partial charge is 0.497 e. The van der Waals surface area contributed by atoms with Crippen LogP contribution in [0.3, 0.4) is 0 Å². The zero-order valence-electron chi connectivity index (χ0n) is 11.7. The quantitative estimate of drug-likeness (QED) is 0.901. The van der Waals surface area contributed by atoms with Crippen LogP contribution in [0.2, 0.25) is 0 Å². The minimum absolute atomic E-state index is 0.126. The first-order valence-electron chi connectivity index (χ1n) is 6.11. The molecule has 1 heterocycles. The molecule has 0 atom stereocenters. The van der Waals surface area contributed by atoms with E-state index in [9.17, 15) is 4.79 Å². The predicted molar refractivity (Wildman–Crippen MR) is 73.9 cm³/mol. The number of nitrogens with zero attached hydrogens (tertiary/aromatic N) is 2. The summed E-state index contributed by atoms with van der Waals surface area (Å²) in [5, 5.41) is 0. The van der Waals surface area contributed by atoms with Gasteiger partial charge in [-0.15, -0.1) is 0 Å². The third kappa shape index (κ3) is 3.09. The molecule has 0 fully saturated rings. The molecule has 6 nitrogen and oxygen atoms in total. The van der Waals surface area contributed by atoms with E-state index in [1.54, 1.807) is 56.8 Å². The highest BCUT2D eigenvalue weighted by molar-refractivity contribution is 5.94. The summed E-state index contributed by atoms with van der Waals surface area (Å²) in [5.41, 5.74) is 0.509. The number of nitrogens with one attached hydrogen (secondary N) is 1. The number of imidazole rings is 1. The van der Waals surface area contributed by atoms with Crippen LogP contribution in [-0.2, 0) is 6.54 Å². The van der Waals surface area contributed by atoms with E-state index in [0.717, 1.165) is 5.82 Å². The highest BCUT2D eigenvalue weighted by atomic mass is 16.5. The normalized spacial score (nSPS) is 10.2. The molecule has 0 bridgehead atoms. The topological polar surface area (TPSA) is 67.5 Å². The van der Waals surface area contributed by atoms with Crippen LogP contribution < -0.4 is 9.47 Å². The van der Waals surface area contributed by atoms with Gasteiger partial charge in [0.25, 0.3) is 5.91 Å². The van der Waals surface area contributed by atoms with E-state index < -0.39 is 0 Å². The fourth-order valence-electron chi connectivity index (χ4n) is 1.83. The molecule has 0 aliphatic heterocycles. The first-order valence-corrected chi connectivity index (χ1v) is 6.11. The zero-order valence-corrected chi connectivity index (χ0v) is 11.7. The van der Waals surface area contributed by atoms with Gasteiger partial charge in [0, 0.05) is 31.1 Å². The maximum absolute atomic E-state index is 12.4. The van der Waals surface area contributed by atoms with Crippen molar-refractivity contribution in [2.45, 2.75) is 6.54 Å². The van der Waals surface area contributed by atoms with E-state index in [1.807, 2.05) is 0 Å². The number of aromatic nitrogens is 2. The number of rotatable bonds is 5. The van der Waals surface area contributed by atoms with Crippen LogP contribution in [0.4, 0.5) is 0 Å². The highest BCUT2D eigenvalue weighted by Crippen LogP contribution is 2.23. The third-order valence-electron chi connectivity index (χ3n) is 2.89. The molecule has 2 rings (SSSR count). The molecule has 0 saturated carbocycles. The van der Waals surface area contributed by atoms with Gasteiger partial charge in [-0.1, -0.05) is 0 Å². The second-order valence-electron chi connectivity index (χ2n) is 4.30. The van der Waals surface area contributed by atoms with E-state index in [4.69, 9.17) is 9.47 Å². The summed E-state index contributed by atoms with van der Waals surface area (Å²) in [5.74, 6) is 1.77. The van der Waals surface area contributed by atoms with Gasteiger partial charge >= 0.3 is 0 Å². The Morgan fingerprint density at radius 2 is 1.90 bits per heavy atom. The minimum Gasteiger partial charge on any atom is -0.497 e. The Hall–Kier alpha value is -2.50. The molecule has 0 unspecified atom stereocenters. The van der Waals surface area contributed by atoms with Crippen molar-refractivity contribution in [3.8, 4) is 11.5 Å². The van der Waals surface area contributed by atoms with E-state index in [0.29, 0.717) is 23.6 Å². The number of benzene rings is 1. The van der Waals surface area contributed by atoms with Crippen LogP contribution in [0.25, 0.3) is 0 Å². The number of hydrogen-bond donors (Lipinski definition) is 1. The summed E-state index contributed by atoms with van der Waals surface area (Å²) in [7, 11) is 4.82. The second-order valence-corrected chi connectivity index (χ2v) is 4.30. The van der Waals surface area contributed by atoms with Gasteiger partial charge in [-0.2, -0.15) is 0 Å². The summed E-state index contributed by atoms with van der Waals surface area (Å²) in [6.45, 7) is 0.408. The summed E-state index contributed by atoms with van der Waals surface area (Å²) in [6.07, 6.45) is 3.38. The molecule has 0 saturated heterocycles. The van der Waals surface area contributed by atoms with Crippen LogP contribution in [-0.4, -0.2) is 42.0 Å². The molecule has 0 aliphatic carbocycles. The fraction of sp³-hybridized carbons (Fsp3) is 0.286. The Balaban J connectivity index is 2.19. The lowest BCUT2D eigenvalue weighted by molar-refractivity contribution is 0.0781. The van der Waals surface area contributed by atoms with Crippen LogP contribution >= 0.6 is 0 Å². The number of carbonyl (C=O) groups excluding carboxylic acids is 1. The predicted octanol–water partition coefficient (Wildman–Crippen LogP) is 1.70. The lowest BCUT2D eigenvalue weighted by atomic mass is 10.1. The zero-order chi connectivity index (χ0) is 14.5. The van der Waals surface area contributed by atoms with Crippen molar-refractivity contribution in [2.24, 2.45) is 0 Å². The molecule has 2 aromatic rings. The monoisotopic (exact) mass is 275 g/mol. The van der Waals surface area contributed by atoms with Crippen molar-refractivity contribution in [1.29, 1.82) is 0 Å². The standard InChI is InChI=1S/C14H17N3O3/c1-17(9-13-15-4-5-16-13)14(18)10-6-11(19-2)8-12(7-10)20-3/h4-8H,9H2,1-3H3,(H,15,16). The number of amides is 1. The van der Waals surface area contributed by atoms with Gasteiger partial charge in [-0.3, -0.25) is 4.79 Å². The van der Waals surface area contributed by atoms with Crippen LogP contribution in [0.5, 0.6) is 11.5 Å². The number of carbonyl (C=O) groups is 1. The smallest absolute Gasteiger partial charge is 0.254 e. The molecular formula is C14H17N3O3. The van der Waals surface area contributed by atoms with Crippen LogP contribution in [0.1, 0.15) is 16.2 Å². The Morgan fingerprint density at radius 1 is 1.25 bits per heavy atom. The molecule has 106 valence electrons. The molecular weight excluding hydrogens is 258 g/mol. The molecule has 0 aliphatic rings. The van der Waals surface area contributed by atoms with Gasteiger partial charge in [0.1, 0.15) is 17.3 Å².